The van der Waals surface area contributed by atoms with Gasteiger partial charge >= 0.3 is 0 Å². The number of nitrogens with one attached hydrogen (secondary N) is 2. The van der Waals surface area contributed by atoms with Crippen LogP contribution in [0.3, 0.4) is 0 Å². The largest absolute Gasteiger partial charge is 0.494 e. The fourth-order valence-corrected chi connectivity index (χ4v) is 1.16. The van der Waals surface area contributed by atoms with Crippen molar-refractivity contribution in [2.24, 2.45) is 0 Å². The highest BCUT2D eigenvalue weighted by Crippen LogP contribution is 2.07. The number of aromatic nitrogens is 2. The Labute approximate surface area is 101 Å². The topological polar surface area (TPSA) is 76.1 Å². The third kappa shape index (κ3) is 4.26. The van der Waals surface area contributed by atoms with Gasteiger partial charge in [-0.3, -0.25) is 4.79 Å². The van der Waals surface area contributed by atoms with Crippen LogP contribution in [-0.4, -0.2) is 35.1 Å². The summed E-state index contributed by atoms with van der Waals surface area (Å²) >= 11 is 0. The molecule has 1 unspecified atom stereocenters. The molecule has 6 nitrogen and oxygen atoms in total. The molecule has 17 heavy (non-hydrogen) atoms. The quantitative estimate of drug-likeness (QED) is 0.794. The molecule has 1 atom stereocenters. The van der Waals surface area contributed by atoms with Crippen LogP contribution in [0, 0.1) is 0 Å². The number of amides is 1. The zero-order valence-corrected chi connectivity index (χ0v) is 10.5. The van der Waals surface area contributed by atoms with Crippen LogP contribution in [0.25, 0.3) is 0 Å². The van der Waals surface area contributed by atoms with E-state index in [0.29, 0.717) is 11.7 Å². The number of carbonyl (C=O) groups excluding carboxylic acids is 1. The van der Waals surface area contributed by atoms with Crippen LogP contribution >= 0.6 is 0 Å². The lowest BCUT2D eigenvalue weighted by atomic mass is 10.3. The molecule has 0 spiro atoms. The minimum atomic E-state index is -0.384. The van der Waals surface area contributed by atoms with E-state index < -0.39 is 0 Å². The summed E-state index contributed by atoms with van der Waals surface area (Å²) in [4.78, 5) is 19.7. The number of nitrogens with zero attached hydrogens (tertiary/aromatic N) is 2. The van der Waals surface area contributed by atoms with E-state index in [0.717, 1.165) is 0 Å². The Hall–Kier alpha value is -1.85. The van der Waals surface area contributed by atoms with E-state index in [1.807, 2.05) is 13.8 Å². The molecule has 0 aromatic carbocycles. The van der Waals surface area contributed by atoms with Crippen LogP contribution < -0.4 is 15.4 Å². The molecule has 1 heterocycles. The van der Waals surface area contributed by atoms with Crippen LogP contribution in [0.2, 0.25) is 0 Å². The van der Waals surface area contributed by atoms with E-state index in [4.69, 9.17) is 4.74 Å². The van der Waals surface area contributed by atoms with E-state index >= 15 is 0 Å². The minimum absolute atomic E-state index is 0.0839. The van der Waals surface area contributed by atoms with Crippen molar-refractivity contribution in [2.45, 2.75) is 32.9 Å². The third-order valence-electron chi connectivity index (χ3n) is 2.03. The highest BCUT2D eigenvalue weighted by molar-refractivity contribution is 5.83. The van der Waals surface area contributed by atoms with Gasteiger partial charge in [0.1, 0.15) is 6.04 Å². The molecule has 94 valence electrons. The molecule has 1 aromatic rings. The zero-order chi connectivity index (χ0) is 12.8. The van der Waals surface area contributed by atoms with Crippen LogP contribution in [0.1, 0.15) is 20.8 Å². The van der Waals surface area contributed by atoms with Gasteiger partial charge in [0.25, 0.3) is 0 Å². The summed E-state index contributed by atoms with van der Waals surface area (Å²) in [6.07, 6.45) is 3.09. The second-order valence-corrected chi connectivity index (χ2v) is 3.98. The molecule has 0 aliphatic carbocycles. The molecule has 0 saturated carbocycles. The Morgan fingerprint density at radius 1 is 1.29 bits per heavy atom. The summed E-state index contributed by atoms with van der Waals surface area (Å²) in [5, 5.41) is 5.71. The van der Waals surface area contributed by atoms with E-state index in [2.05, 4.69) is 20.6 Å². The average Bonchev–Trinajstić information content (AvgIpc) is 2.29. The third-order valence-corrected chi connectivity index (χ3v) is 2.03. The first-order chi connectivity index (χ1) is 8.02. The molecule has 2 N–H and O–H groups in total. The van der Waals surface area contributed by atoms with Gasteiger partial charge in [-0.25, -0.2) is 9.97 Å². The first-order valence-electron chi connectivity index (χ1n) is 5.46. The van der Waals surface area contributed by atoms with Crippen molar-refractivity contribution in [3.63, 3.8) is 0 Å². The van der Waals surface area contributed by atoms with Crippen molar-refractivity contribution < 1.29 is 9.53 Å². The van der Waals surface area contributed by atoms with Gasteiger partial charge in [-0.2, -0.15) is 0 Å². The SMILES string of the molecule is COc1cnc(NC(C)C(=O)NC(C)C)nc1. The number of anilines is 1. The fraction of sp³-hybridized carbons (Fsp3) is 0.545. The number of hydrogen-bond acceptors (Lipinski definition) is 5. The molecule has 0 saturated heterocycles. The summed E-state index contributed by atoms with van der Waals surface area (Å²) in [5.74, 6) is 0.895. The molecule has 1 aromatic heterocycles. The highest BCUT2D eigenvalue weighted by atomic mass is 16.5. The van der Waals surface area contributed by atoms with Gasteiger partial charge in [-0.05, 0) is 20.8 Å². The van der Waals surface area contributed by atoms with Crippen molar-refractivity contribution >= 4 is 11.9 Å². The molecule has 0 aliphatic rings. The Morgan fingerprint density at radius 2 is 1.88 bits per heavy atom. The lowest BCUT2D eigenvalue weighted by Gasteiger charge is -2.15. The van der Waals surface area contributed by atoms with Crippen LogP contribution in [0.5, 0.6) is 5.75 Å². The number of hydrogen-bond donors (Lipinski definition) is 2. The van der Waals surface area contributed by atoms with Gasteiger partial charge in [0.15, 0.2) is 5.75 Å². The maximum Gasteiger partial charge on any atom is 0.242 e. The number of rotatable bonds is 5. The van der Waals surface area contributed by atoms with E-state index in [1.165, 1.54) is 0 Å². The van der Waals surface area contributed by atoms with E-state index in [-0.39, 0.29) is 18.0 Å². The molecular weight excluding hydrogens is 220 g/mol. The second kappa shape index (κ2) is 6.03. The predicted octanol–water partition coefficient (Wildman–Crippen LogP) is 0.810. The van der Waals surface area contributed by atoms with Gasteiger partial charge in [0, 0.05) is 6.04 Å². The summed E-state index contributed by atoms with van der Waals surface area (Å²) in [5.41, 5.74) is 0. The fourth-order valence-electron chi connectivity index (χ4n) is 1.16. The van der Waals surface area contributed by atoms with Crippen molar-refractivity contribution in [1.29, 1.82) is 0 Å². The number of carbonyl (C=O) groups is 1. The summed E-state index contributed by atoms with van der Waals surface area (Å²) in [6, 6.07) is -0.269. The normalized spacial score (nSPS) is 12.1. The van der Waals surface area contributed by atoms with Crippen molar-refractivity contribution in [3.8, 4) is 5.75 Å². The molecule has 1 rings (SSSR count). The number of methoxy groups -OCH3 is 1. The van der Waals surface area contributed by atoms with Crippen molar-refractivity contribution in [2.75, 3.05) is 12.4 Å². The van der Waals surface area contributed by atoms with Gasteiger partial charge in [-0.1, -0.05) is 0 Å². The number of ether oxygens (including phenoxy) is 1. The lowest BCUT2D eigenvalue weighted by Crippen LogP contribution is -2.41. The minimum Gasteiger partial charge on any atom is -0.494 e. The zero-order valence-electron chi connectivity index (χ0n) is 10.5. The lowest BCUT2D eigenvalue weighted by molar-refractivity contribution is -0.122. The molecule has 0 fully saturated rings. The average molecular weight is 238 g/mol. The van der Waals surface area contributed by atoms with Crippen molar-refractivity contribution in [1.82, 2.24) is 15.3 Å². The van der Waals surface area contributed by atoms with E-state index in [9.17, 15) is 4.79 Å². The molecular formula is C11H18N4O2. The van der Waals surface area contributed by atoms with Gasteiger partial charge in [0.2, 0.25) is 11.9 Å². The monoisotopic (exact) mass is 238 g/mol. The standard InChI is InChI=1S/C11H18N4O2/c1-7(2)14-10(16)8(3)15-11-12-5-9(17-4)6-13-11/h5-8H,1-4H3,(H,14,16)(H,12,13,15). The van der Waals surface area contributed by atoms with Gasteiger partial charge in [0.05, 0.1) is 19.5 Å². The maximum absolute atomic E-state index is 11.6. The summed E-state index contributed by atoms with van der Waals surface area (Å²) < 4.78 is 4.94. The highest BCUT2D eigenvalue weighted by Gasteiger charge is 2.14. The first-order valence-corrected chi connectivity index (χ1v) is 5.46. The van der Waals surface area contributed by atoms with Gasteiger partial charge < -0.3 is 15.4 Å². The molecule has 1 amide bonds. The maximum atomic E-state index is 11.6. The Kier molecular flexibility index (Phi) is 4.68. The van der Waals surface area contributed by atoms with Crippen LogP contribution in [0.4, 0.5) is 5.95 Å². The van der Waals surface area contributed by atoms with Crippen molar-refractivity contribution in [3.05, 3.63) is 12.4 Å². The Bertz CT molecular complexity index is 364. The molecule has 0 bridgehead atoms. The molecule has 0 radical (unpaired) electrons. The Morgan fingerprint density at radius 3 is 2.35 bits per heavy atom. The smallest absolute Gasteiger partial charge is 0.242 e. The predicted molar refractivity (Wildman–Crippen MR) is 64.9 cm³/mol. The molecule has 0 aliphatic heterocycles. The van der Waals surface area contributed by atoms with Crippen LogP contribution in [0.15, 0.2) is 12.4 Å². The summed E-state index contributed by atoms with van der Waals surface area (Å²) in [7, 11) is 1.55. The first kappa shape index (κ1) is 13.2. The van der Waals surface area contributed by atoms with E-state index in [1.54, 1.807) is 26.4 Å². The Balaban J connectivity index is 2.55. The van der Waals surface area contributed by atoms with Crippen LogP contribution in [-0.2, 0) is 4.79 Å². The van der Waals surface area contributed by atoms with Gasteiger partial charge in [-0.15, -0.1) is 0 Å². The summed E-state index contributed by atoms with van der Waals surface area (Å²) in [6.45, 7) is 5.58. The molecule has 6 heteroatoms. The second-order valence-electron chi connectivity index (χ2n) is 3.98.